The summed E-state index contributed by atoms with van der Waals surface area (Å²) >= 11 is 0. The molecule has 1 nitrogen and oxygen atoms in total. The summed E-state index contributed by atoms with van der Waals surface area (Å²) < 4.78 is 0. The van der Waals surface area contributed by atoms with Gasteiger partial charge >= 0.3 is 0 Å². The van der Waals surface area contributed by atoms with E-state index in [1.807, 2.05) is 0 Å². The van der Waals surface area contributed by atoms with E-state index >= 15 is 0 Å². The zero-order valence-electron chi connectivity index (χ0n) is 31.5. The van der Waals surface area contributed by atoms with Gasteiger partial charge in [0.05, 0.1) is 5.69 Å². The maximum absolute atomic E-state index is 2.45. The van der Waals surface area contributed by atoms with E-state index in [9.17, 15) is 0 Å². The zero-order valence-corrected chi connectivity index (χ0v) is 31.5. The van der Waals surface area contributed by atoms with Gasteiger partial charge < -0.3 is 4.90 Å². The molecular weight excluding hydrogens is 675 g/mol. The summed E-state index contributed by atoms with van der Waals surface area (Å²) in [5.41, 5.74) is 13.6. The lowest BCUT2D eigenvalue weighted by molar-refractivity contribution is 0.660. The zero-order chi connectivity index (χ0) is 37.4. The predicted molar refractivity (Wildman–Crippen MR) is 240 cm³/mol. The number of benzene rings is 10. The van der Waals surface area contributed by atoms with Crippen molar-refractivity contribution in [3.63, 3.8) is 0 Å². The molecule has 1 aliphatic rings. The van der Waals surface area contributed by atoms with E-state index < -0.39 is 0 Å². The smallest absolute Gasteiger partial charge is 0.0543 e. The van der Waals surface area contributed by atoms with Crippen molar-refractivity contribution in [3.8, 4) is 33.4 Å². The lowest BCUT2D eigenvalue weighted by atomic mass is 9.82. The van der Waals surface area contributed by atoms with Crippen LogP contribution in [0, 0.1) is 0 Å². The van der Waals surface area contributed by atoms with E-state index in [1.54, 1.807) is 0 Å². The van der Waals surface area contributed by atoms with Crippen LogP contribution in [0.25, 0.3) is 76.5 Å². The van der Waals surface area contributed by atoms with E-state index in [-0.39, 0.29) is 5.41 Å². The monoisotopic (exact) mass is 713 g/mol. The first kappa shape index (κ1) is 32.5. The molecular formula is C55H39N. The Morgan fingerprint density at radius 1 is 0.357 bits per heavy atom. The van der Waals surface area contributed by atoms with Crippen molar-refractivity contribution in [3.05, 3.63) is 211 Å². The highest BCUT2D eigenvalue weighted by Gasteiger charge is 2.37. The summed E-state index contributed by atoms with van der Waals surface area (Å²) in [4.78, 5) is 2.45. The molecule has 0 amide bonds. The molecule has 0 atom stereocenters. The van der Waals surface area contributed by atoms with E-state index in [4.69, 9.17) is 0 Å². The van der Waals surface area contributed by atoms with E-state index in [1.165, 1.54) is 93.3 Å². The molecule has 11 rings (SSSR count). The van der Waals surface area contributed by atoms with Crippen LogP contribution >= 0.6 is 0 Å². The fraction of sp³-hybridized carbons (Fsp3) is 0.0545. The summed E-state index contributed by atoms with van der Waals surface area (Å²) in [6, 6.07) is 74.0. The molecule has 0 radical (unpaired) electrons. The van der Waals surface area contributed by atoms with Crippen molar-refractivity contribution >= 4 is 60.2 Å². The molecule has 0 bridgehead atoms. The minimum Gasteiger partial charge on any atom is -0.310 e. The maximum Gasteiger partial charge on any atom is 0.0543 e. The molecule has 56 heavy (non-hydrogen) atoms. The molecule has 1 aliphatic carbocycles. The number of hydrogen-bond acceptors (Lipinski definition) is 1. The van der Waals surface area contributed by atoms with Crippen LogP contribution in [0.2, 0.25) is 0 Å². The van der Waals surface area contributed by atoms with Gasteiger partial charge in [0.1, 0.15) is 0 Å². The summed E-state index contributed by atoms with van der Waals surface area (Å²) in [5.74, 6) is 0. The Kier molecular flexibility index (Phi) is 7.28. The first-order chi connectivity index (χ1) is 27.5. The van der Waals surface area contributed by atoms with Gasteiger partial charge in [-0.1, -0.05) is 178 Å². The summed E-state index contributed by atoms with van der Waals surface area (Å²) in [5, 5.41) is 10.2. The van der Waals surface area contributed by atoms with Crippen molar-refractivity contribution in [1.82, 2.24) is 0 Å². The number of rotatable bonds is 5. The molecule has 0 saturated heterocycles. The van der Waals surface area contributed by atoms with Crippen molar-refractivity contribution in [2.24, 2.45) is 0 Å². The number of nitrogens with zero attached hydrogens (tertiary/aromatic N) is 1. The van der Waals surface area contributed by atoms with Gasteiger partial charge in [0.2, 0.25) is 0 Å². The van der Waals surface area contributed by atoms with Crippen LogP contribution in [0.1, 0.15) is 25.0 Å². The maximum atomic E-state index is 2.45. The summed E-state index contributed by atoms with van der Waals surface area (Å²) in [7, 11) is 0. The Hall–Kier alpha value is -6.96. The van der Waals surface area contributed by atoms with Crippen LogP contribution in [0.3, 0.4) is 0 Å². The van der Waals surface area contributed by atoms with Crippen molar-refractivity contribution in [2.45, 2.75) is 19.3 Å². The highest BCUT2D eigenvalue weighted by atomic mass is 15.1. The second kappa shape index (κ2) is 12.5. The minimum absolute atomic E-state index is 0.0974. The summed E-state index contributed by atoms with van der Waals surface area (Å²) in [6.45, 7) is 4.71. The fourth-order valence-electron chi connectivity index (χ4n) is 9.43. The fourth-order valence-corrected chi connectivity index (χ4v) is 9.43. The highest BCUT2D eigenvalue weighted by Crippen LogP contribution is 2.54. The van der Waals surface area contributed by atoms with Gasteiger partial charge in [0.25, 0.3) is 0 Å². The molecule has 10 aromatic carbocycles. The number of fused-ring (bicyclic) bond motifs is 9. The third kappa shape index (κ3) is 5.01. The molecule has 0 saturated carbocycles. The van der Waals surface area contributed by atoms with Crippen LogP contribution in [-0.2, 0) is 5.41 Å². The second-order valence-electron chi connectivity index (χ2n) is 15.7. The molecule has 0 unspecified atom stereocenters. The average Bonchev–Trinajstić information content (AvgIpc) is 3.50. The van der Waals surface area contributed by atoms with Gasteiger partial charge in [-0.05, 0) is 118 Å². The SMILES string of the molecule is CC1(C)c2ccccc2-c2c(N(c3ccc(-c4ccc5ccccc5c4)cc3)c3ccc(-c4cccc5ccc6c7ccccc7ccc6c45)cc3)cccc21. The lowest BCUT2D eigenvalue weighted by Gasteiger charge is -2.29. The average molecular weight is 714 g/mol. The minimum atomic E-state index is -0.0974. The Morgan fingerprint density at radius 3 is 1.75 bits per heavy atom. The Labute approximate surface area is 327 Å². The van der Waals surface area contributed by atoms with Crippen LogP contribution in [0.5, 0.6) is 0 Å². The van der Waals surface area contributed by atoms with Gasteiger partial charge in [0, 0.05) is 22.4 Å². The van der Waals surface area contributed by atoms with Crippen molar-refractivity contribution in [1.29, 1.82) is 0 Å². The molecule has 1 heteroatoms. The standard InChI is InChI=1S/C55H39N/c1-55(2)50-18-8-7-16-49(50)54-51(55)19-10-20-52(54)56(43-29-23-37(24-30-43)42-22-21-36-11-3-4-13-41(36)35-42)44-31-25-39(26-32-44)46-17-9-14-40-28-33-47-45-15-6-5-12-38(45)27-34-48(47)53(40)46/h3-35H,1-2H3. The molecule has 0 fully saturated rings. The van der Waals surface area contributed by atoms with E-state index in [2.05, 4.69) is 219 Å². The number of anilines is 3. The van der Waals surface area contributed by atoms with Gasteiger partial charge in [-0.3, -0.25) is 0 Å². The molecule has 10 aromatic rings. The van der Waals surface area contributed by atoms with E-state index in [0.29, 0.717) is 0 Å². The Balaban J connectivity index is 1.07. The molecule has 0 aromatic heterocycles. The molecule has 0 heterocycles. The van der Waals surface area contributed by atoms with Gasteiger partial charge in [0.15, 0.2) is 0 Å². The largest absolute Gasteiger partial charge is 0.310 e. The lowest BCUT2D eigenvalue weighted by Crippen LogP contribution is -2.16. The molecule has 0 spiro atoms. The van der Waals surface area contributed by atoms with Gasteiger partial charge in [-0.25, -0.2) is 0 Å². The third-order valence-electron chi connectivity index (χ3n) is 12.2. The van der Waals surface area contributed by atoms with Crippen LogP contribution in [-0.4, -0.2) is 0 Å². The van der Waals surface area contributed by atoms with Gasteiger partial charge in [-0.2, -0.15) is 0 Å². The quantitative estimate of drug-likeness (QED) is 0.161. The Bertz CT molecular complexity index is 3150. The van der Waals surface area contributed by atoms with Gasteiger partial charge in [-0.15, -0.1) is 0 Å². The van der Waals surface area contributed by atoms with Crippen LogP contribution < -0.4 is 4.90 Å². The van der Waals surface area contributed by atoms with Crippen LogP contribution in [0.4, 0.5) is 17.1 Å². The number of hydrogen-bond donors (Lipinski definition) is 0. The van der Waals surface area contributed by atoms with Crippen molar-refractivity contribution in [2.75, 3.05) is 4.90 Å². The highest BCUT2D eigenvalue weighted by molar-refractivity contribution is 6.21. The Morgan fingerprint density at radius 2 is 0.929 bits per heavy atom. The first-order valence-electron chi connectivity index (χ1n) is 19.6. The van der Waals surface area contributed by atoms with Crippen molar-refractivity contribution < 1.29 is 0 Å². The second-order valence-corrected chi connectivity index (χ2v) is 15.7. The topological polar surface area (TPSA) is 3.24 Å². The summed E-state index contributed by atoms with van der Waals surface area (Å²) in [6.07, 6.45) is 0. The molecule has 0 N–H and O–H groups in total. The molecule has 264 valence electrons. The predicted octanol–water partition coefficient (Wildman–Crippen LogP) is 15.4. The molecule has 0 aliphatic heterocycles. The van der Waals surface area contributed by atoms with E-state index in [0.717, 1.165) is 11.4 Å². The van der Waals surface area contributed by atoms with Crippen LogP contribution in [0.15, 0.2) is 200 Å². The normalized spacial score (nSPS) is 13.0. The first-order valence-corrected chi connectivity index (χ1v) is 19.6. The third-order valence-corrected chi connectivity index (χ3v) is 12.2.